The molecule has 37 heavy (non-hydrogen) atoms. The molecular formula is C30H32N2O5. The van der Waals surface area contributed by atoms with Gasteiger partial charge in [-0.15, -0.1) is 0 Å². The molecule has 0 fully saturated rings. The fourth-order valence-corrected chi connectivity index (χ4v) is 3.95. The molecule has 3 aromatic carbocycles. The number of fused-ring (bicyclic) bond motifs is 1. The average Bonchev–Trinajstić information content (AvgIpc) is 2.86. The number of aryl methyl sites for hydroxylation is 2. The molecule has 7 heteroatoms. The zero-order valence-electron chi connectivity index (χ0n) is 22.3. The monoisotopic (exact) mass is 500 g/mol. The van der Waals surface area contributed by atoms with Crippen molar-refractivity contribution >= 4 is 22.7 Å². The molecular weight excluding hydrogens is 468 g/mol. The van der Waals surface area contributed by atoms with Crippen LogP contribution in [-0.4, -0.2) is 25.3 Å². The second kappa shape index (κ2) is 10.4. The van der Waals surface area contributed by atoms with E-state index >= 15 is 0 Å². The molecule has 0 radical (unpaired) electrons. The van der Waals surface area contributed by atoms with Crippen LogP contribution in [-0.2, 0) is 5.41 Å². The third-order valence-corrected chi connectivity index (χ3v) is 6.12. The molecule has 1 heterocycles. The lowest BCUT2D eigenvalue weighted by Crippen LogP contribution is -2.18. The van der Waals surface area contributed by atoms with Crippen LogP contribution in [0, 0.1) is 13.8 Å². The van der Waals surface area contributed by atoms with E-state index in [-0.39, 0.29) is 5.41 Å². The van der Waals surface area contributed by atoms with E-state index in [1.807, 2.05) is 50.2 Å². The van der Waals surface area contributed by atoms with Gasteiger partial charge in [0.25, 0.3) is 0 Å². The quantitative estimate of drug-likeness (QED) is 0.294. The number of amides is 1. The molecule has 0 saturated carbocycles. The van der Waals surface area contributed by atoms with Gasteiger partial charge in [0.2, 0.25) is 0 Å². The first-order valence-corrected chi connectivity index (χ1v) is 12.0. The standard InChI is InChI=1S/C30H32N2O5/c1-18-15-26(37-25-12-13-31-24-17-28(35-7)27(34-6)16-22(24)25)19(2)14-23(18)32-29(33)36-21-10-8-20(9-11-21)30(3,4)5/h8-17H,1-7H3,(H,32,33). The molecule has 1 aromatic heterocycles. The first-order valence-electron chi connectivity index (χ1n) is 12.0. The molecule has 0 saturated heterocycles. The van der Waals surface area contributed by atoms with Gasteiger partial charge in [-0.1, -0.05) is 32.9 Å². The maximum atomic E-state index is 12.6. The summed E-state index contributed by atoms with van der Waals surface area (Å²) in [5, 5.41) is 3.63. The molecule has 192 valence electrons. The molecule has 0 aliphatic rings. The van der Waals surface area contributed by atoms with E-state index in [2.05, 4.69) is 31.1 Å². The summed E-state index contributed by atoms with van der Waals surface area (Å²) >= 11 is 0. The van der Waals surface area contributed by atoms with E-state index in [0.29, 0.717) is 34.4 Å². The van der Waals surface area contributed by atoms with Crippen molar-refractivity contribution in [2.75, 3.05) is 19.5 Å². The zero-order valence-corrected chi connectivity index (χ0v) is 22.3. The fourth-order valence-electron chi connectivity index (χ4n) is 3.95. The van der Waals surface area contributed by atoms with Gasteiger partial charge in [0.15, 0.2) is 11.5 Å². The van der Waals surface area contributed by atoms with Crippen molar-refractivity contribution in [3.63, 3.8) is 0 Å². The second-order valence-corrected chi connectivity index (χ2v) is 9.86. The lowest BCUT2D eigenvalue weighted by molar-refractivity contribution is 0.215. The van der Waals surface area contributed by atoms with Gasteiger partial charge < -0.3 is 18.9 Å². The Morgan fingerprint density at radius 1 is 0.811 bits per heavy atom. The number of carbonyl (C=O) groups is 1. The summed E-state index contributed by atoms with van der Waals surface area (Å²) in [6.45, 7) is 10.2. The van der Waals surface area contributed by atoms with E-state index in [1.165, 1.54) is 5.56 Å². The average molecular weight is 501 g/mol. The van der Waals surface area contributed by atoms with E-state index in [0.717, 1.165) is 22.0 Å². The molecule has 7 nitrogen and oxygen atoms in total. The van der Waals surface area contributed by atoms with Crippen LogP contribution in [0.2, 0.25) is 0 Å². The van der Waals surface area contributed by atoms with Crippen molar-refractivity contribution in [1.29, 1.82) is 0 Å². The Morgan fingerprint density at radius 2 is 1.49 bits per heavy atom. The summed E-state index contributed by atoms with van der Waals surface area (Å²) in [5.41, 5.74) is 4.25. The largest absolute Gasteiger partial charge is 0.493 e. The summed E-state index contributed by atoms with van der Waals surface area (Å²) in [6.07, 6.45) is 1.13. The van der Waals surface area contributed by atoms with Gasteiger partial charge in [0.05, 0.1) is 19.7 Å². The molecule has 0 atom stereocenters. The minimum absolute atomic E-state index is 0.0285. The molecule has 0 bridgehead atoms. The van der Waals surface area contributed by atoms with Crippen molar-refractivity contribution < 1.29 is 23.7 Å². The molecule has 1 amide bonds. The summed E-state index contributed by atoms with van der Waals surface area (Å²) in [6, 6.07) is 16.8. The second-order valence-electron chi connectivity index (χ2n) is 9.86. The van der Waals surface area contributed by atoms with Crippen LogP contribution in [0.5, 0.6) is 28.7 Å². The molecule has 4 aromatic rings. The van der Waals surface area contributed by atoms with Gasteiger partial charge in [-0.05, 0) is 72.4 Å². The maximum absolute atomic E-state index is 12.6. The van der Waals surface area contributed by atoms with Crippen molar-refractivity contribution in [2.24, 2.45) is 0 Å². The Balaban J connectivity index is 1.52. The summed E-state index contributed by atoms with van der Waals surface area (Å²) in [4.78, 5) is 17.0. The van der Waals surface area contributed by atoms with Crippen LogP contribution in [0.4, 0.5) is 10.5 Å². The van der Waals surface area contributed by atoms with Gasteiger partial charge >= 0.3 is 6.09 Å². The highest BCUT2D eigenvalue weighted by Crippen LogP contribution is 2.38. The fraction of sp³-hybridized carbons (Fsp3) is 0.267. The molecule has 0 aliphatic carbocycles. The predicted octanol–water partition coefficient (Wildman–Crippen LogP) is 7.57. The molecule has 0 aliphatic heterocycles. The number of methoxy groups -OCH3 is 2. The third-order valence-electron chi connectivity index (χ3n) is 6.12. The number of hydrogen-bond acceptors (Lipinski definition) is 6. The van der Waals surface area contributed by atoms with Crippen LogP contribution in [0.25, 0.3) is 10.9 Å². The number of aromatic nitrogens is 1. The van der Waals surface area contributed by atoms with Crippen LogP contribution >= 0.6 is 0 Å². The van der Waals surface area contributed by atoms with E-state index in [4.69, 9.17) is 18.9 Å². The smallest absolute Gasteiger partial charge is 0.417 e. The molecule has 1 N–H and O–H groups in total. The highest BCUT2D eigenvalue weighted by atomic mass is 16.6. The number of ether oxygens (including phenoxy) is 4. The van der Waals surface area contributed by atoms with Crippen molar-refractivity contribution in [2.45, 2.75) is 40.0 Å². The zero-order chi connectivity index (χ0) is 26.7. The number of nitrogens with one attached hydrogen (secondary N) is 1. The first-order chi connectivity index (χ1) is 17.6. The van der Waals surface area contributed by atoms with Gasteiger partial charge in [-0.2, -0.15) is 0 Å². The third kappa shape index (κ3) is 5.77. The van der Waals surface area contributed by atoms with Crippen molar-refractivity contribution in [1.82, 2.24) is 4.98 Å². The van der Waals surface area contributed by atoms with E-state index in [1.54, 1.807) is 38.6 Å². The van der Waals surface area contributed by atoms with Gasteiger partial charge in [-0.25, -0.2) is 4.79 Å². The van der Waals surface area contributed by atoms with Gasteiger partial charge in [-0.3, -0.25) is 10.3 Å². The SMILES string of the molecule is COc1cc2nccc(Oc3cc(C)c(NC(=O)Oc4ccc(C(C)(C)C)cc4)cc3C)c2cc1OC. The Morgan fingerprint density at radius 3 is 2.14 bits per heavy atom. The minimum Gasteiger partial charge on any atom is -0.493 e. The lowest BCUT2D eigenvalue weighted by atomic mass is 9.87. The van der Waals surface area contributed by atoms with Crippen molar-refractivity contribution in [3.05, 3.63) is 77.5 Å². The maximum Gasteiger partial charge on any atom is 0.417 e. The summed E-state index contributed by atoms with van der Waals surface area (Å²) in [7, 11) is 3.18. The van der Waals surface area contributed by atoms with Crippen LogP contribution in [0.1, 0.15) is 37.5 Å². The topological polar surface area (TPSA) is 78.9 Å². The number of benzene rings is 3. The van der Waals surface area contributed by atoms with Gasteiger partial charge in [0.1, 0.15) is 17.2 Å². The number of carbonyl (C=O) groups excluding carboxylic acids is 1. The van der Waals surface area contributed by atoms with Crippen LogP contribution in [0.3, 0.4) is 0 Å². The molecule has 0 spiro atoms. The van der Waals surface area contributed by atoms with E-state index in [9.17, 15) is 4.79 Å². The van der Waals surface area contributed by atoms with Crippen molar-refractivity contribution in [3.8, 4) is 28.7 Å². The minimum atomic E-state index is -0.555. The Kier molecular flexibility index (Phi) is 7.25. The Bertz CT molecular complexity index is 1440. The summed E-state index contributed by atoms with van der Waals surface area (Å²) < 4.78 is 22.6. The van der Waals surface area contributed by atoms with Crippen LogP contribution < -0.4 is 24.3 Å². The van der Waals surface area contributed by atoms with E-state index < -0.39 is 6.09 Å². The number of pyridine rings is 1. The Labute approximate surface area is 217 Å². The lowest BCUT2D eigenvalue weighted by Gasteiger charge is -2.19. The van der Waals surface area contributed by atoms with Crippen LogP contribution in [0.15, 0.2) is 60.8 Å². The molecule has 0 unspecified atom stereocenters. The number of hydrogen-bond donors (Lipinski definition) is 1. The number of rotatable bonds is 6. The summed E-state index contributed by atoms with van der Waals surface area (Å²) in [5.74, 6) is 2.96. The molecule has 4 rings (SSSR count). The predicted molar refractivity (Wildman–Crippen MR) is 146 cm³/mol. The highest BCUT2D eigenvalue weighted by Gasteiger charge is 2.16. The van der Waals surface area contributed by atoms with Gasteiger partial charge in [0, 0.05) is 23.3 Å². The Hall–Kier alpha value is -4.26. The highest BCUT2D eigenvalue weighted by molar-refractivity contribution is 5.89. The number of anilines is 1. The number of nitrogens with zero attached hydrogens (tertiary/aromatic N) is 1. The first kappa shape index (κ1) is 25.8. The normalized spacial score (nSPS) is 11.2.